The van der Waals surface area contributed by atoms with Crippen LogP contribution in [0.2, 0.25) is 0 Å². The third kappa shape index (κ3) is 3.04. The maximum absolute atomic E-state index is 13.2. The Labute approximate surface area is 152 Å². The van der Waals surface area contributed by atoms with Gasteiger partial charge in [0.15, 0.2) is 5.78 Å². The minimum absolute atomic E-state index is 0.0845. The lowest BCUT2D eigenvalue weighted by molar-refractivity contribution is -0.121. The van der Waals surface area contributed by atoms with Crippen molar-refractivity contribution in [2.45, 2.75) is 13.0 Å². The molecule has 1 atom stereocenters. The molecule has 128 valence electrons. The van der Waals surface area contributed by atoms with Crippen LogP contribution in [0.4, 0.5) is 5.69 Å². The van der Waals surface area contributed by atoms with Gasteiger partial charge in [0.1, 0.15) is 5.92 Å². The molecule has 4 rings (SSSR count). The van der Waals surface area contributed by atoms with Gasteiger partial charge in [0.05, 0.1) is 12.2 Å². The summed E-state index contributed by atoms with van der Waals surface area (Å²) in [6.45, 7) is 0.468. The first-order valence-corrected chi connectivity index (χ1v) is 8.76. The fourth-order valence-corrected chi connectivity index (χ4v) is 3.48. The van der Waals surface area contributed by atoms with Gasteiger partial charge in [0, 0.05) is 5.56 Å². The zero-order chi connectivity index (χ0) is 17.9. The van der Waals surface area contributed by atoms with Crippen LogP contribution >= 0.6 is 0 Å². The van der Waals surface area contributed by atoms with E-state index in [1.165, 1.54) is 0 Å². The molecular weight excluding hydrogens is 322 g/mol. The van der Waals surface area contributed by atoms with Gasteiger partial charge in [0.2, 0.25) is 5.91 Å². The second kappa shape index (κ2) is 6.96. The molecule has 26 heavy (non-hydrogen) atoms. The molecule has 0 aliphatic carbocycles. The number of benzene rings is 3. The van der Waals surface area contributed by atoms with Gasteiger partial charge in [-0.05, 0) is 29.7 Å². The summed E-state index contributed by atoms with van der Waals surface area (Å²) in [4.78, 5) is 27.9. The van der Waals surface area contributed by atoms with Crippen LogP contribution in [0.1, 0.15) is 21.5 Å². The molecule has 0 N–H and O–H groups in total. The van der Waals surface area contributed by atoms with Crippen molar-refractivity contribution in [1.29, 1.82) is 0 Å². The molecule has 1 aliphatic rings. The maximum atomic E-state index is 13.2. The van der Waals surface area contributed by atoms with Gasteiger partial charge in [-0.1, -0.05) is 72.8 Å². The van der Waals surface area contributed by atoms with E-state index in [4.69, 9.17) is 0 Å². The topological polar surface area (TPSA) is 37.4 Å². The zero-order valence-electron chi connectivity index (χ0n) is 14.3. The van der Waals surface area contributed by atoms with Crippen molar-refractivity contribution in [3.05, 3.63) is 102 Å². The first kappa shape index (κ1) is 16.3. The molecule has 3 heteroatoms. The molecule has 1 heterocycles. The number of anilines is 1. The molecule has 0 bridgehead atoms. The van der Waals surface area contributed by atoms with Crippen molar-refractivity contribution in [3.8, 4) is 0 Å². The van der Waals surface area contributed by atoms with E-state index in [1.807, 2.05) is 84.9 Å². The Bertz CT molecular complexity index is 935. The molecular formula is C23H19NO2. The SMILES string of the molecule is O=C1c2ccccc2N(Cc2ccccc2)C(=O)C1Cc1ccccc1. The summed E-state index contributed by atoms with van der Waals surface area (Å²) in [6.07, 6.45) is 0.429. The van der Waals surface area contributed by atoms with Crippen LogP contribution in [0.5, 0.6) is 0 Å². The van der Waals surface area contributed by atoms with E-state index in [9.17, 15) is 9.59 Å². The van der Waals surface area contributed by atoms with Crippen molar-refractivity contribution in [2.75, 3.05) is 4.90 Å². The Kier molecular flexibility index (Phi) is 4.36. The van der Waals surface area contributed by atoms with Crippen LogP contribution in [0.3, 0.4) is 0 Å². The third-order valence-electron chi connectivity index (χ3n) is 4.81. The minimum Gasteiger partial charge on any atom is -0.307 e. The van der Waals surface area contributed by atoms with Crippen LogP contribution in [-0.4, -0.2) is 11.7 Å². The lowest BCUT2D eigenvalue weighted by Crippen LogP contribution is -2.45. The van der Waals surface area contributed by atoms with Crippen LogP contribution in [-0.2, 0) is 17.8 Å². The Morgan fingerprint density at radius 2 is 1.27 bits per heavy atom. The number of hydrogen-bond acceptors (Lipinski definition) is 2. The highest BCUT2D eigenvalue weighted by Crippen LogP contribution is 2.33. The summed E-state index contributed by atoms with van der Waals surface area (Å²) in [7, 11) is 0. The normalized spacial score (nSPS) is 16.5. The number of carbonyl (C=O) groups is 2. The van der Waals surface area contributed by atoms with E-state index in [-0.39, 0.29) is 11.7 Å². The highest BCUT2D eigenvalue weighted by molar-refractivity contribution is 6.21. The fourth-order valence-electron chi connectivity index (χ4n) is 3.48. The number of nitrogens with zero attached hydrogens (tertiary/aromatic N) is 1. The van der Waals surface area contributed by atoms with Gasteiger partial charge >= 0.3 is 0 Å². The molecule has 1 aliphatic heterocycles. The van der Waals surface area contributed by atoms with Gasteiger partial charge in [0.25, 0.3) is 0 Å². The first-order chi connectivity index (χ1) is 12.7. The molecule has 0 radical (unpaired) electrons. The van der Waals surface area contributed by atoms with Gasteiger partial charge in [-0.25, -0.2) is 0 Å². The molecule has 3 aromatic rings. The largest absolute Gasteiger partial charge is 0.307 e. The van der Waals surface area contributed by atoms with E-state index in [2.05, 4.69) is 0 Å². The third-order valence-corrected chi connectivity index (χ3v) is 4.81. The van der Waals surface area contributed by atoms with Crippen molar-refractivity contribution in [2.24, 2.45) is 5.92 Å². The van der Waals surface area contributed by atoms with Crippen molar-refractivity contribution in [1.82, 2.24) is 0 Å². The van der Waals surface area contributed by atoms with Gasteiger partial charge in [-0.2, -0.15) is 0 Å². The monoisotopic (exact) mass is 341 g/mol. The predicted octanol–water partition coefficient (Wildman–Crippen LogP) is 4.28. The summed E-state index contributed by atoms with van der Waals surface area (Å²) in [6, 6.07) is 27.0. The summed E-state index contributed by atoms with van der Waals surface area (Å²) >= 11 is 0. The van der Waals surface area contributed by atoms with E-state index in [1.54, 1.807) is 4.90 Å². The standard InChI is InChI=1S/C23H19NO2/c25-22-19-13-7-8-14-21(19)24(16-18-11-5-2-6-12-18)23(26)20(22)15-17-9-3-1-4-10-17/h1-14,20H,15-16H2. The van der Waals surface area contributed by atoms with Gasteiger partial charge in [-0.15, -0.1) is 0 Å². The smallest absolute Gasteiger partial charge is 0.238 e. The van der Waals surface area contributed by atoms with Crippen molar-refractivity contribution in [3.63, 3.8) is 0 Å². The molecule has 1 unspecified atom stereocenters. The second-order valence-electron chi connectivity index (χ2n) is 6.53. The Morgan fingerprint density at radius 3 is 1.96 bits per heavy atom. The van der Waals surface area contributed by atoms with Crippen molar-refractivity contribution >= 4 is 17.4 Å². The highest BCUT2D eigenvalue weighted by atomic mass is 16.2. The molecule has 0 saturated carbocycles. The van der Waals surface area contributed by atoms with E-state index in [0.29, 0.717) is 24.2 Å². The zero-order valence-corrected chi connectivity index (χ0v) is 14.3. The van der Waals surface area contributed by atoms with E-state index >= 15 is 0 Å². The van der Waals surface area contributed by atoms with Gasteiger partial charge < -0.3 is 4.90 Å². The molecule has 0 saturated heterocycles. The van der Waals surface area contributed by atoms with Crippen molar-refractivity contribution < 1.29 is 9.59 Å². The lowest BCUT2D eigenvalue weighted by Gasteiger charge is -2.33. The van der Waals surface area contributed by atoms with Crippen LogP contribution in [0, 0.1) is 5.92 Å². The number of rotatable bonds is 4. The summed E-state index contributed by atoms with van der Waals surface area (Å²) in [5.74, 6) is -0.879. The number of amides is 1. The predicted molar refractivity (Wildman–Crippen MR) is 102 cm³/mol. The first-order valence-electron chi connectivity index (χ1n) is 8.76. The quantitative estimate of drug-likeness (QED) is 0.665. The molecule has 0 spiro atoms. The van der Waals surface area contributed by atoms with Crippen LogP contribution < -0.4 is 4.90 Å². The number of carbonyl (C=O) groups excluding carboxylic acids is 2. The molecule has 0 fully saturated rings. The minimum atomic E-state index is -0.670. The molecule has 1 amide bonds. The highest BCUT2D eigenvalue weighted by Gasteiger charge is 2.39. The Morgan fingerprint density at radius 1 is 0.692 bits per heavy atom. The number of fused-ring (bicyclic) bond motifs is 1. The summed E-state index contributed by atoms with van der Waals surface area (Å²) in [5.41, 5.74) is 3.38. The van der Waals surface area contributed by atoms with Crippen LogP contribution in [0.25, 0.3) is 0 Å². The summed E-state index contributed by atoms with van der Waals surface area (Å²) in [5, 5.41) is 0. The van der Waals surface area contributed by atoms with E-state index in [0.717, 1.165) is 11.1 Å². The lowest BCUT2D eigenvalue weighted by atomic mass is 9.85. The maximum Gasteiger partial charge on any atom is 0.238 e. The fraction of sp³-hybridized carbons (Fsp3) is 0.130. The molecule has 3 nitrogen and oxygen atoms in total. The average molecular weight is 341 g/mol. The average Bonchev–Trinajstić information content (AvgIpc) is 2.70. The molecule has 3 aromatic carbocycles. The molecule has 0 aromatic heterocycles. The summed E-state index contributed by atoms with van der Waals surface area (Å²) < 4.78 is 0. The second-order valence-corrected chi connectivity index (χ2v) is 6.53. The Hall–Kier alpha value is -3.20. The van der Waals surface area contributed by atoms with Crippen LogP contribution in [0.15, 0.2) is 84.9 Å². The van der Waals surface area contributed by atoms with E-state index < -0.39 is 5.92 Å². The number of ketones is 1. The number of Topliss-reactive ketones (excluding diaryl/α,β-unsaturated/α-hetero) is 1. The Balaban J connectivity index is 1.72. The number of para-hydroxylation sites is 1. The number of hydrogen-bond donors (Lipinski definition) is 0. The van der Waals surface area contributed by atoms with Gasteiger partial charge in [-0.3, -0.25) is 9.59 Å².